The lowest BCUT2D eigenvalue weighted by molar-refractivity contribution is -0.112. The van der Waals surface area contributed by atoms with Crippen molar-refractivity contribution in [2.24, 2.45) is 5.73 Å². The van der Waals surface area contributed by atoms with Gasteiger partial charge in [-0.1, -0.05) is 37.8 Å². The maximum Gasteiger partial charge on any atom is 0.248 e. The molecule has 2 nitrogen and oxygen atoms in total. The number of nitrogens with two attached hydrogens (primary N) is 1. The molecule has 2 N–H and O–H groups in total. The van der Waals surface area contributed by atoms with E-state index < -0.39 is 5.91 Å². The van der Waals surface area contributed by atoms with Crippen LogP contribution in [0.5, 0.6) is 0 Å². The lowest BCUT2D eigenvalue weighted by Gasteiger charge is -2.02. The first-order valence-electron chi connectivity index (χ1n) is 4.23. The van der Waals surface area contributed by atoms with Crippen LogP contribution in [0.1, 0.15) is 18.1 Å². The van der Waals surface area contributed by atoms with Crippen molar-refractivity contribution in [2.75, 3.05) is 0 Å². The molecule has 0 unspecified atom stereocenters. The molecule has 0 aliphatic rings. The SMILES string of the molecule is C=C(C(N)=O)c1ccc(CC)cc1. The van der Waals surface area contributed by atoms with Crippen LogP contribution in [0, 0.1) is 0 Å². The van der Waals surface area contributed by atoms with Crippen molar-refractivity contribution < 1.29 is 4.79 Å². The Morgan fingerprint density at radius 3 is 2.31 bits per heavy atom. The molecule has 0 heterocycles. The van der Waals surface area contributed by atoms with E-state index in [4.69, 9.17) is 5.73 Å². The van der Waals surface area contributed by atoms with Gasteiger partial charge in [0.15, 0.2) is 0 Å². The maximum absolute atomic E-state index is 10.8. The van der Waals surface area contributed by atoms with Crippen LogP contribution in [0.4, 0.5) is 0 Å². The molecule has 0 saturated heterocycles. The first-order valence-corrected chi connectivity index (χ1v) is 4.23. The Bertz CT molecular complexity index is 324. The van der Waals surface area contributed by atoms with Crippen molar-refractivity contribution in [3.63, 3.8) is 0 Å². The van der Waals surface area contributed by atoms with E-state index in [1.54, 1.807) is 0 Å². The summed E-state index contributed by atoms with van der Waals surface area (Å²) in [6, 6.07) is 7.69. The fraction of sp³-hybridized carbons (Fsp3) is 0.182. The number of benzene rings is 1. The Balaban J connectivity index is 2.92. The molecule has 13 heavy (non-hydrogen) atoms. The monoisotopic (exact) mass is 175 g/mol. The summed E-state index contributed by atoms with van der Waals surface area (Å²) in [7, 11) is 0. The van der Waals surface area contributed by atoms with E-state index >= 15 is 0 Å². The van der Waals surface area contributed by atoms with Gasteiger partial charge in [-0.2, -0.15) is 0 Å². The Morgan fingerprint density at radius 2 is 1.92 bits per heavy atom. The Labute approximate surface area is 78.1 Å². The van der Waals surface area contributed by atoms with Crippen LogP contribution in [0.15, 0.2) is 30.8 Å². The quantitative estimate of drug-likeness (QED) is 0.699. The first kappa shape index (κ1) is 9.52. The summed E-state index contributed by atoms with van der Waals surface area (Å²) >= 11 is 0. The highest BCUT2D eigenvalue weighted by Crippen LogP contribution is 2.12. The van der Waals surface area contributed by atoms with Crippen LogP contribution in [0.2, 0.25) is 0 Å². The zero-order valence-corrected chi connectivity index (χ0v) is 7.71. The van der Waals surface area contributed by atoms with E-state index in [2.05, 4.69) is 13.5 Å². The first-order chi connectivity index (χ1) is 6.15. The average Bonchev–Trinajstić information content (AvgIpc) is 2.17. The smallest absolute Gasteiger partial charge is 0.248 e. The van der Waals surface area contributed by atoms with Gasteiger partial charge < -0.3 is 5.73 Å². The zero-order valence-electron chi connectivity index (χ0n) is 7.71. The highest BCUT2D eigenvalue weighted by atomic mass is 16.1. The second-order valence-corrected chi connectivity index (χ2v) is 2.89. The number of hydrogen-bond acceptors (Lipinski definition) is 1. The molecule has 0 spiro atoms. The topological polar surface area (TPSA) is 43.1 Å². The third-order valence-electron chi connectivity index (χ3n) is 2.01. The number of carbonyl (C=O) groups is 1. The molecule has 2 heteroatoms. The van der Waals surface area contributed by atoms with Gasteiger partial charge in [0.2, 0.25) is 5.91 Å². The molecule has 1 rings (SSSR count). The summed E-state index contributed by atoms with van der Waals surface area (Å²) in [6.45, 7) is 5.69. The number of amides is 1. The highest BCUT2D eigenvalue weighted by molar-refractivity contribution is 6.17. The van der Waals surface area contributed by atoms with Crippen LogP contribution >= 0.6 is 0 Å². The molecule has 0 radical (unpaired) electrons. The molecule has 1 aromatic rings. The molecule has 68 valence electrons. The third-order valence-corrected chi connectivity index (χ3v) is 2.01. The highest BCUT2D eigenvalue weighted by Gasteiger charge is 2.03. The van der Waals surface area contributed by atoms with Crippen molar-refractivity contribution in [1.29, 1.82) is 0 Å². The number of primary amides is 1. The molecule has 0 saturated carbocycles. The van der Waals surface area contributed by atoms with Crippen LogP contribution in [0.25, 0.3) is 5.57 Å². The predicted molar refractivity (Wildman–Crippen MR) is 54.0 cm³/mol. The van der Waals surface area contributed by atoms with E-state index in [-0.39, 0.29) is 0 Å². The number of carbonyl (C=O) groups excluding carboxylic acids is 1. The standard InChI is InChI=1S/C11H13NO/c1-3-9-4-6-10(7-5-9)8(2)11(12)13/h4-7H,2-3H2,1H3,(H2,12,13). The van der Waals surface area contributed by atoms with Gasteiger partial charge in [0.05, 0.1) is 0 Å². The van der Waals surface area contributed by atoms with Gasteiger partial charge >= 0.3 is 0 Å². The van der Waals surface area contributed by atoms with Crippen LogP contribution in [-0.2, 0) is 11.2 Å². The van der Waals surface area contributed by atoms with Crippen LogP contribution in [-0.4, -0.2) is 5.91 Å². The molecule has 0 aromatic heterocycles. The molecule has 1 amide bonds. The molecule has 0 atom stereocenters. The van der Waals surface area contributed by atoms with Gasteiger partial charge in [-0.15, -0.1) is 0 Å². The van der Waals surface area contributed by atoms with E-state index in [9.17, 15) is 4.79 Å². The van der Waals surface area contributed by atoms with Gasteiger partial charge in [-0.05, 0) is 17.5 Å². The lowest BCUT2D eigenvalue weighted by atomic mass is 10.0. The van der Waals surface area contributed by atoms with Crippen molar-refractivity contribution in [1.82, 2.24) is 0 Å². The second kappa shape index (κ2) is 3.90. The summed E-state index contributed by atoms with van der Waals surface area (Å²) < 4.78 is 0. The van der Waals surface area contributed by atoms with Gasteiger partial charge in [0.25, 0.3) is 0 Å². The van der Waals surface area contributed by atoms with Crippen LogP contribution < -0.4 is 5.73 Å². The minimum Gasteiger partial charge on any atom is -0.366 e. The Kier molecular flexibility index (Phi) is 2.85. The van der Waals surface area contributed by atoms with Gasteiger partial charge in [0.1, 0.15) is 0 Å². The Hall–Kier alpha value is -1.57. The van der Waals surface area contributed by atoms with Crippen molar-refractivity contribution in [2.45, 2.75) is 13.3 Å². The summed E-state index contributed by atoms with van der Waals surface area (Å²) in [5.74, 6) is -0.468. The van der Waals surface area contributed by atoms with Gasteiger partial charge in [0, 0.05) is 5.57 Å². The molecular formula is C11H13NO. The fourth-order valence-corrected chi connectivity index (χ4v) is 1.08. The molecule has 0 aliphatic heterocycles. The lowest BCUT2D eigenvalue weighted by Crippen LogP contribution is -2.11. The Morgan fingerprint density at radius 1 is 1.38 bits per heavy atom. The summed E-state index contributed by atoms with van der Waals surface area (Å²) in [4.78, 5) is 10.8. The molecule has 0 aliphatic carbocycles. The molecule has 0 fully saturated rings. The minimum absolute atomic E-state index is 0.364. The summed E-state index contributed by atoms with van der Waals surface area (Å²) in [6.07, 6.45) is 0.989. The summed E-state index contributed by atoms with van der Waals surface area (Å²) in [5.41, 5.74) is 7.50. The van der Waals surface area contributed by atoms with Crippen molar-refractivity contribution >= 4 is 11.5 Å². The molecule has 1 aromatic carbocycles. The van der Waals surface area contributed by atoms with Gasteiger partial charge in [-0.3, -0.25) is 4.79 Å². The number of hydrogen-bond donors (Lipinski definition) is 1. The fourth-order valence-electron chi connectivity index (χ4n) is 1.08. The van der Waals surface area contributed by atoms with Gasteiger partial charge in [-0.25, -0.2) is 0 Å². The second-order valence-electron chi connectivity index (χ2n) is 2.89. The number of rotatable bonds is 3. The van der Waals surface area contributed by atoms with Crippen molar-refractivity contribution in [3.05, 3.63) is 42.0 Å². The number of aryl methyl sites for hydroxylation is 1. The van der Waals surface area contributed by atoms with E-state index in [0.717, 1.165) is 12.0 Å². The zero-order chi connectivity index (χ0) is 9.84. The normalized spacial score (nSPS) is 9.62. The minimum atomic E-state index is -0.468. The molecular weight excluding hydrogens is 162 g/mol. The van der Waals surface area contributed by atoms with E-state index in [1.165, 1.54) is 5.56 Å². The maximum atomic E-state index is 10.8. The third kappa shape index (κ3) is 2.18. The van der Waals surface area contributed by atoms with Crippen LogP contribution in [0.3, 0.4) is 0 Å². The average molecular weight is 175 g/mol. The predicted octanol–water partition coefficient (Wildman–Crippen LogP) is 1.75. The van der Waals surface area contributed by atoms with E-state index in [0.29, 0.717) is 5.57 Å². The van der Waals surface area contributed by atoms with Crippen molar-refractivity contribution in [3.8, 4) is 0 Å². The van der Waals surface area contributed by atoms with E-state index in [1.807, 2.05) is 24.3 Å². The summed E-state index contributed by atoms with van der Waals surface area (Å²) in [5, 5.41) is 0. The largest absolute Gasteiger partial charge is 0.366 e. The molecule has 0 bridgehead atoms.